The number of aromatic nitrogens is 4. The second-order valence-electron chi connectivity index (χ2n) is 3.56. The van der Waals surface area contributed by atoms with E-state index >= 15 is 0 Å². The lowest BCUT2D eigenvalue weighted by atomic mass is 10.1. The van der Waals surface area contributed by atoms with Crippen LogP contribution in [0.4, 0.5) is 0 Å². The van der Waals surface area contributed by atoms with E-state index in [-0.39, 0.29) is 0 Å². The number of nitrogens with zero attached hydrogens (tertiary/aromatic N) is 3. The average Bonchev–Trinajstić information content (AvgIpc) is 2.94. The van der Waals surface area contributed by atoms with Gasteiger partial charge < -0.3 is 0 Å². The Morgan fingerprint density at radius 2 is 1.71 bits per heavy atom. The zero-order chi connectivity index (χ0) is 11.5. The molecular weight excluding hydrogens is 212 g/mol. The molecule has 0 amide bonds. The number of hydrogen-bond acceptors (Lipinski definition) is 3. The largest absolute Gasteiger partial charge is 0.257 e. The average molecular weight is 221 g/mol. The molecule has 4 nitrogen and oxygen atoms in total. The van der Waals surface area contributed by atoms with E-state index in [1.54, 1.807) is 0 Å². The Kier molecular flexibility index (Phi) is 2.38. The van der Waals surface area contributed by atoms with Crippen molar-refractivity contribution >= 4 is 0 Å². The minimum absolute atomic E-state index is 0.628. The van der Waals surface area contributed by atoms with Crippen molar-refractivity contribution in [3.05, 3.63) is 54.9 Å². The summed E-state index contributed by atoms with van der Waals surface area (Å²) in [5.41, 5.74) is 2.76. The molecule has 0 bridgehead atoms. The van der Waals surface area contributed by atoms with Crippen LogP contribution in [0.25, 0.3) is 22.8 Å². The molecule has 0 aliphatic carbocycles. The van der Waals surface area contributed by atoms with Crippen molar-refractivity contribution in [2.45, 2.75) is 0 Å². The molecule has 3 aromatic rings. The first kappa shape index (κ1) is 9.72. The molecule has 2 aromatic heterocycles. The topological polar surface area (TPSA) is 54.5 Å². The summed E-state index contributed by atoms with van der Waals surface area (Å²) in [4.78, 5) is 8.50. The van der Waals surface area contributed by atoms with E-state index in [0.29, 0.717) is 5.82 Å². The lowest BCUT2D eigenvalue weighted by molar-refractivity contribution is 1.08. The van der Waals surface area contributed by atoms with E-state index < -0.39 is 0 Å². The van der Waals surface area contributed by atoms with Gasteiger partial charge in [-0.1, -0.05) is 36.4 Å². The Hall–Kier alpha value is -2.49. The predicted octanol–water partition coefficient (Wildman–Crippen LogP) is 2.33. The zero-order valence-corrected chi connectivity index (χ0v) is 8.96. The third-order valence-electron chi connectivity index (χ3n) is 2.43. The van der Waals surface area contributed by atoms with Crippen LogP contribution >= 0.6 is 0 Å². The number of benzene rings is 1. The molecule has 1 aromatic carbocycles. The molecule has 17 heavy (non-hydrogen) atoms. The van der Waals surface area contributed by atoms with Crippen LogP contribution in [0.15, 0.2) is 48.5 Å². The van der Waals surface area contributed by atoms with E-state index in [2.05, 4.69) is 26.5 Å². The van der Waals surface area contributed by atoms with Gasteiger partial charge in [0.2, 0.25) is 6.33 Å². The fraction of sp³-hybridized carbons (Fsp3) is 0. The normalized spacial score (nSPS) is 10.4. The molecule has 1 N–H and O–H groups in total. The second kappa shape index (κ2) is 4.17. The lowest BCUT2D eigenvalue weighted by Crippen LogP contribution is -1.89. The summed E-state index contributed by atoms with van der Waals surface area (Å²) in [5, 5.41) is 6.45. The molecule has 0 saturated carbocycles. The molecule has 1 radical (unpaired) electrons. The first-order valence-electron chi connectivity index (χ1n) is 5.25. The fourth-order valence-electron chi connectivity index (χ4n) is 1.63. The van der Waals surface area contributed by atoms with Crippen molar-refractivity contribution in [3.8, 4) is 22.8 Å². The quantitative estimate of drug-likeness (QED) is 0.722. The van der Waals surface area contributed by atoms with Crippen LogP contribution in [0.3, 0.4) is 0 Å². The molecule has 0 spiro atoms. The van der Waals surface area contributed by atoms with Crippen LogP contribution in [-0.4, -0.2) is 20.2 Å². The van der Waals surface area contributed by atoms with Gasteiger partial charge in [-0.2, -0.15) is 0 Å². The molecule has 4 heteroatoms. The highest BCUT2D eigenvalue weighted by molar-refractivity contribution is 5.62. The monoisotopic (exact) mass is 221 g/mol. The lowest BCUT2D eigenvalue weighted by Gasteiger charge is -2.02. The first-order chi connectivity index (χ1) is 8.43. The summed E-state index contributed by atoms with van der Waals surface area (Å²) in [6.45, 7) is 0. The van der Waals surface area contributed by atoms with Crippen molar-refractivity contribution in [1.29, 1.82) is 0 Å². The van der Waals surface area contributed by atoms with Crippen LogP contribution in [0.1, 0.15) is 0 Å². The van der Waals surface area contributed by atoms with Gasteiger partial charge in [-0.3, -0.25) is 5.10 Å². The van der Waals surface area contributed by atoms with E-state index in [9.17, 15) is 0 Å². The van der Waals surface area contributed by atoms with Gasteiger partial charge in [0.15, 0.2) is 5.82 Å². The van der Waals surface area contributed by atoms with E-state index in [1.165, 1.54) is 0 Å². The van der Waals surface area contributed by atoms with Gasteiger partial charge in [-0.25, -0.2) is 9.97 Å². The standard InChI is InChI=1S/C13H9N4/c1-2-5-10(6-3-1)11-7-4-8-12(16-11)13-14-9-15-17-13/h1-8H,(H,14,15,17). The van der Waals surface area contributed by atoms with E-state index in [1.807, 2.05) is 48.5 Å². The Bertz CT molecular complexity index is 602. The summed E-state index contributed by atoms with van der Waals surface area (Å²) < 4.78 is 0. The van der Waals surface area contributed by atoms with Gasteiger partial charge in [0.05, 0.1) is 5.69 Å². The number of hydrogen-bond donors (Lipinski definition) is 1. The highest BCUT2D eigenvalue weighted by Gasteiger charge is 2.04. The number of aromatic amines is 1. The molecule has 81 valence electrons. The van der Waals surface area contributed by atoms with Gasteiger partial charge in [-0.15, -0.1) is 5.10 Å². The van der Waals surface area contributed by atoms with Crippen molar-refractivity contribution in [2.75, 3.05) is 0 Å². The van der Waals surface area contributed by atoms with E-state index in [0.717, 1.165) is 17.0 Å². The maximum atomic E-state index is 4.53. The van der Waals surface area contributed by atoms with Crippen LogP contribution in [0, 0.1) is 6.33 Å². The summed E-state index contributed by atoms with van der Waals surface area (Å²) >= 11 is 0. The number of pyridine rings is 1. The first-order valence-corrected chi connectivity index (χ1v) is 5.25. The van der Waals surface area contributed by atoms with Crippen molar-refractivity contribution in [2.24, 2.45) is 0 Å². The highest BCUT2D eigenvalue weighted by atomic mass is 15.2. The van der Waals surface area contributed by atoms with Gasteiger partial charge in [0.25, 0.3) is 0 Å². The molecule has 0 saturated heterocycles. The highest BCUT2D eigenvalue weighted by Crippen LogP contribution is 2.19. The Balaban J connectivity index is 2.06. The minimum atomic E-state index is 0.628. The molecule has 0 atom stereocenters. The summed E-state index contributed by atoms with van der Waals surface area (Å²) in [5.74, 6) is 0.628. The molecule has 0 aliphatic heterocycles. The van der Waals surface area contributed by atoms with Crippen molar-refractivity contribution < 1.29 is 0 Å². The number of H-pyrrole nitrogens is 1. The SMILES string of the molecule is [c]1n[nH]c(-c2cccc(-c3ccccc3)n2)n1. The second-order valence-corrected chi connectivity index (χ2v) is 3.56. The summed E-state index contributed by atoms with van der Waals surface area (Å²) in [6.07, 6.45) is 2.49. The molecule has 2 heterocycles. The van der Waals surface area contributed by atoms with Crippen molar-refractivity contribution in [1.82, 2.24) is 20.2 Å². The van der Waals surface area contributed by atoms with Crippen LogP contribution in [-0.2, 0) is 0 Å². The summed E-state index contributed by atoms with van der Waals surface area (Å²) in [6, 6.07) is 15.8. The molecule has 0 aliphatic rings. The maximum Gasteiger partial charge on any atom is 0.221 e. The molecular formula is C13H9N4. The Morgan fingerprint density at radius 1 is 0.882 bits per heavy atom. The van der Waals surface area contributed by atoms with Crippen LogP contribution < -0.4 is 0 Å². The third kappa shape index (κ3) is 1.92. The van der Waals surface area contributed by atoms with Gasteiger partial charge in [0, 0.05) is 5.56 Å². The fourth-order valence-corrected chi connectivity index (χ4v) is 1.63. The number of rotatable bonds is 2. The van der Waals surface area contributed by atoms with Gasteiger partial charge in [-0.05, 0) is 12.1 Å². The zero-order valence-electron chi connectivity index (χ0n) is 8.96. The number of nitrogens with one attached hydrogen (secondary N) is 1. The van der Waals surface area contributed by atoms with Gasteiger partial charge >= 0.3 is 0 Å². The molecule has 0 unspecified atom stereocenters. The smallest absolute Gasteiger partial charge is 0.221 e. The predicted molar refractivity (Wildman–Crippen MR) is 63.9 cm³/mol. The van der Waals surface area contributed by atoms with Crippen molar-refractivity contribution in [3.63, 3.8) is 0 Å². The molecule has 3 rings (SSSR count). The third-order valence-corrected chi connectivity index (χ3v) is 2.43. The molecule has 0 fully saturated rings. The summed E-state index contributed by atoms with van der Waals surface area (Å²) in [7, 11) is 0. The Morgan fingerprint density at radius 3 is 2.47 bits per heavy atom. The Labute approximate surface area is 98.4 Å². The van der Waals surface area contributed by atoms with Gasteiger partial charge in [0.1, 0.15) is 5.69 Å². The van der Waals surface area contributed by atoms with Crippen LogP contribution in [0.5, 0.6) is 0 Å². The maximum absolute atomic E-state index is 4.53. The minimum Gasteiger partial charge on any atom is -0.257 e. The van der Waals surface area contributed by atoms with E-state index in [4.69, 9.17) is 0 Å². The van der Waals surface area contributed by atoms with Crippen LogP contribution in [0.2, 0.25) is 0 Å².